The van der Waals surface area contributed by atoms with Gasteiger partial charge in [-0.1, -0.05) is 0 Å². The Hall–Kier alpha value is -2.02. The van der Waals surface area contributed by atoms with Crippen molar-refractivity contribution in [2.75, 3.05) is 25.1 Å². The van der Waals surface area contributed by atoms with Crippen LogP contribution < -0.4 is 20.7 Å². The van der Waals surface area contributed by atoms with E-state index in [2.05, 4.69) is 5.32 Å². The fourth-order valence-corrected chi connectivity index (χ4v) is 1.90. The maximum atomic E-state index is 11.8. The summed E-state index contributed by atoms with van der Waals surface area (Å²) in [4.78, 5) is 13.3. The van der Waals surface area contributed by atoms with Gasteiger partial charge in [0.05, 0.1) is 20.2 Å². The van der Waals surface area contributed by atoms with Crippen LogP contribution in [-0.2, 0) is 4.74 Å². The molecule has 2 rings (SSSR count). The number of amides is 1. The lowest BCUT2D eigenvalue weighted by Gasteiger charge is -2.13. The van der Waals surface area contributed by atoms with Gasteiger partial charge in [0.2, 0.25) is 0 Å². The highest BCUT2D eigenvalue weighted by molar-refractivity contribution is 7.80. The predicted octanol–water partition coefficient (Wildman–Crippen LogP) is 0.854. The number of carbonyl (C=O) groups is 1. The topological polar surface area (TPSA) is 76.8 Å². The lowest BCUT2D eigenvalue weighted by Crippen LogP contribution is -2.37. The third kappa shape index (κ3) is 3.25. The number of nitrogens with one attached hydrogen (secondary N) is 1. The van der Waals surface area contributed by atoms with Crippen LogP contribution in [0.4, 0.5) is 10.5 Å². The summed E-state index contributed by atoms with van der Waals surface area (Å²) in [5.41, 5.74) is 6.10. The highest BCUT2D eigenvalue weighted by Gasteiger charge is 2.32. The van der Waals surface area contributed by atoms with Gasteiger partial charge in [-0.2, -0.15) is 0 Å². The summed E-state index contributed by atoms with van der Waals surface area (Å²) >= 11 is 4.71. The molecule has 7 heteroatoms. The summed E-state index contributed by atoms with van der Waals surface area (Å²) in [5, 5.41) is 2.98. The first-order chi connectivity index (χ1) is 9.10. The Labute approximate surface area is 116 Å². The monoisotopic (exact) mass is 281 g/mol. The molecule has 0 radical (unpaired) electrons. The molecule has 0 spiro atoms. The fraction of sp³-hybridized carbons (Fsp3) is 0.333. The van der Waals surface area contributed by atoms with Crippen molar-refractivity contribution in [3.05, 3.63) is 24.3 Å². The first-order valence-electron chi connectivity index (χ1n) is 5.75. The van der Waals surface area contributed by atoms with Crippen molar-refractivity contribution < 1.29 is 14.3 Å². The molecule has 0 aromatic heterocycles. The van der Waals surface area contributed by atoms with Crippen LogP contribution in [0.5, 0.6) is 5.75 Å². The summed E-state index contributed by atoms with van der Waals surface area (Å²) < 4.78 is 10.3. The largest absolute Gasteiger partial charge is 0.497 e. The molecule has 19 heavy (non-hydrogen) atoms. The summed E-state index contributed by atoms with van der Waals surface area (Å²) in [5.74, 6) is 0.739. The average molecular weight is 281 g/mol. The van der Waals surface area contributed by atoms with Crippen molar-refractivity contribution in [2.24, 2.45) is 5.73 Å². The van der Waals surface area contributed by atoms with Crippen LogP contribution >= 0.6 is 12.2 Å². The van der Waals surface area contributed by atoms with Gasteiger partial charge < -0.3 is 20.5 Å². The van der Waals surface area contributed by atoms with Crippen LogP contribution in [0.15, 0.2) is 24.3 Å². The number of thiocarbonyl (C=S) groups is 1. The Morgan fingerprint density at radius 2 is 2.26 bits per heavy atom. The Bertz CT molecular complexity index is 478. The van der Waals surface area contributed by atoms with E-state index in [0.717, 1.165) is 11.4 Å². The van der Waals surface area contributed by atoms with Crippen LogP contribution in [0.3, 0.4) is 0 Å². The Kier molecular flexibility index (Phi) is 4.06. The van der Waals surface area contributed by atoms with Gasteiger partial charge in [0.15, 0.2) is 5.11 Å². The van der Waals surface area contributed by atoms with E-state index >= 15 is 0 Å². The number of hydrogen-bond acceptors (Lipinski definition) is 4. The predicted molar refractivity (Wildman–Crippen MR) is 75.4 cm³/mol. The van der Waals surface area contributed by atoms with E-state index < -0.39 is 0 Å². The minimum atomic E-state index is -0.375. The SMILES string of the molecule is COc1ccc(N2C[C@H](CNC(N)=S)OC2=O)cc1. The molecule has 0 saturated carbocycles. The van der Waals surface area contributed by atoms with Gasteiger partial charge >= 0.3 is 6.09 Å². The van der Waals surface area contributed by atoms with Gasteiger partial charge in [0.25, 0.3) is 0 Å². The number of carbonyl (C=O) groups excluding carboxylic acids is 1. The first-order valence-corrected chi connectivity index (χ1v) is 6.16. The fourth-order valence-electron chi connectivity index (χ4n) is 1.82. The third-order valence-corrected chi connectivity index (χ3v) is 2.91. The van der Waals surface area contributed by atoms with Crippen LogP contribution in [0.2, 0.25) is 0 Å². The molecule has 0 aliphatic carbocycles. The van der Waals surface area contributed by atoms with E-state index in [1.165, 1.54) is 0 Å². The second-order valence-corrected chi connectivity index (χ2v) is 4.50. The summed E-state index contributed by atoms with van der Waals surface area (Å²) in [7, 11) is 1.59. The quantitative estimate of drug-likeness (QED) is 0.797. The van der Waals surface area contributed by atoms with Gasteiger partial charge in [0, 0.05) is 5.69 Å². The first kappa shape index (κ1) is 13.4. The van der Waals surface area contributed by atoms with Gasteiger partial charge in [-0.25, -0.2) is 4.79 Å². The molecule has 1 aliphatic heterocycles. The van der Waals surface area contributed by atoms with Crippen molar-refractivity contribution in [2.45, 2.75) is 6.10 Å². The minimum absolute atomic E-state index is 0.193. The van der Waals surface area contributed by atoms with E-state index in [1.807, 2.05) is 12.1 Å². The van der Waals surface area contributed by atoms with E-state index in [1.54, 1.807) is 24.1 Å². The van der Waals surface area contributed by atoms with Crippen LogP contribution in [0.1, 0.15) is 0 Å². The molecule has 1 fully saturated rings. The van der Waals surface area contributed by atoms with Crippen molar-refractivity contribution in [3.63, 3.8) is 0 Å². The van der Waals surface area contributed by atoms with E-state index in [9.17, 15) is 4.79 Å². The molecule has 6 nitrogen and oxygen atoms in total. The third-order valence-electron chi connectivity index (χ3n) is 2.76. The molecule has 0 unspecified atom stereocenters. The normalized spacial score (nSPS) is 18.1. The van der Waals surface area contributed by atoms with Crippen molar-refractivity contribution in [3.8, 4) is 5.75 Å². The number of hydrogen-bond donors (Lipinski definition) is 2. The Morgan fingerprint density at radius 1 is 1.58 bits per heavy atom. The van der Waals surface area contributed by atoms with Crippen molar-refractivity contribution >= 4 is 29.1 Å². The van der Waals surface area contributed by atoms with Gasteiger partial charge in [-0.05, 0) is 36.5 Å². The van der Waals surface area contributed by atoms with E-state index in [4.69, 9.17) is 27.4 Å². The standard InChI is InChI=1S/C12H15N3O3S/c1-17-9-4-2-8(3-5-9)15-7-10(18-12(15)16)6-14-11(13)19/h2-5,10H,6-7H2,1H3,(H3,13,14,19)/t10-/m0/s1. The summed E-state index contributed by atoms with van der Waals surface area (Å²) in [6.07, 6.45) is -0.643. The lowest BCUT2D eigenvalue weighted by molar-refractivity contribution is 0.143. The molecule has 0 bridgehead atoms. The number of nitrogens with two attached hydrogens (primary N) is 1. The number of rotatable bonds is 4. The molecule has 1 amide bonds. The zero-order chi connectivity index (χ0) is 13.8. The lowest BCUT2D eigenvalue weighted by atomic mass is 10.2. The number of nitrogens with zero attached hydrogens (tertiary/aromatic N) is 1. The Balaban J connectivity index is 2.00. The minimum Gasteiger partial charge on any atom is -0.497 e. The zero-order valence-electron chi connectivity index (χ0n) is 10.5. The van der Waals surface area contributed by atoms with E-state index in [-0.39, 0.29) is 17.3 Å². The maximum absolute atomic E-state index is 11.8. The van der Waals surface area contributed by atoms with Crippen molar-refractivity contribution in [1.29, 1.82) is 0 Å². The van der Waals surface area contributed by atoms with Crippen molar-refractivity contribution in [1.82, 2.24) is 5.32 Å². The zero-order valence-corrected chi connectivity index (χ0v) is 11.3. The van der Waals surface area contributed by atoms with Crippen LogP contribution in [-0.4, -0.2) is 37.5 Å². The molecule has 1 aromatic carbocycles. The smallest absolute Gasteiger partial charge is 0.414 e. The molecule has 1 aromatic rings. The van der Waals surface area contributed by atoms with Gasteiger partial charge in [-0.15, -0.1) is 0 Å². The maximum Gasteiger partial charge on any atom is 0.414 e. The summed E-state index contributed by atoms with van der Waals surface area (Å²) in [6, 6.07) is 7.21. The average Bonchev–Trinajstić information content (AvgIpc) is 2.78. The van der Waals surface area contributed by atoms with Gasteiger partial charge in [-0.3, -0.25) is 4.90 Å². The second kappa shape index (κ2) is 5.75. The number of ether oxygens (including phenoxy) is 2. The number of anilines is 1. The molecule has 3 N–H and O–H groups in total. The molecule has 1 heterocycles. The van der Waals surface area contributed by atoms with Gasteiger partial charge in [0.1, 0.15) is 11.9 Å². The highest BCUT2D eigenvalue weighted by atomic mass is 32.1. The molecule has 102 valence electrons. The highest BCUT2D eigenvalue weighted by Crippen LogP contribution is 2.23. The molecule has 1 aliphatic rings. The molecular formula is C12H15N3O3S. The molecule has 1 atom stereocenters. The number of methoxy groups -OCH3 is 1. The summed E-state index contributed by atoms with van der Waals surface area (Å²) in [6.45, 7) is 0.870. The van der Waals surface area contributed by atoms with E-state index in [0.29, 0.717) is 13.1 Å². The Morgan fingerprint density at radius 3 is 2.84 bits per heavy atom. The molecular weight excluding hydrogens is 266 g/mol. The van der Waals surface area contributed by atoms with Crippen LogP contribution in [0.25, 0.3) is 0 Å². The van der Waals surface area contributed by atoms with Crippen LogP contribution in [0, 0.1) is 0 Å². The second-order valence-electron chi connectivity index (χ2n) is 4.06. The number of benzene rings is 1. The number of cyclic esters (lactones) is 1. The molecule has 1 saturated heterocycles.